The van der Waals surface area contributed by atoms with E-state index in [1.807, 2.05) is 60.7 Å². The van der Waals surface area contributed by atoms with Crippen molar-refractivity contribution in [2.24, 2.45) is 0 Å². The maximum atomic E-state index is 11.0. The molecule has 5 nitrogen and oxygen atoms in total. The Balaban J connectivity index is 1.70. The molecule has 1 aliphatic carbocycles. The minimum atomic E-state index is -0.717. The van der Waals surface area contributed by atoms with Gasteiger partial charge in [0.05, 0.1) is 25.4 Å². The third-order valence-corrected chi connectivity index (χ3v) is 5.67. The smallest absolute Gasteiger partial charge is 0.112 e. The predicted molar refractivity (Wildman–Crippen MR) is 118 cm³/mol. The molecule has 4 atom stereocenters. The number of nitrogens with one attached hydrogen (secondary N) is 1. The highest BCUT2D eigenvalue weighted by atomic mass is 16.6. The van der Waals surface area contributed by atoms with Gasteiger partial charge in [0.2, 0.25) is 0 Å². The summed E-state index contributed by atoms with van der Waals surface area (Å²) in [6.07, 6.45) is 0.623. The Morgan fingerprint density at radius 1 is 0.800 bits per heavy atom. The fourth-order valence-electron chi connectivity index (χ4n) is 3.98. The molecule has 1 saturated carbocycles. The number of rotatable bonds is 10. The first-order valence-electron chi connectivity index (χ1n) is 11.1. The van der Waals surface area contributed by atoms with Crippen LogP contribution in [0.25, 0.3) is 0 Å². The van der Waals surface area contributed by atoms with Crippen molar-refractivity contribution in [1.29, 1.82) is 0 Å². The maximum Gasteiger partial charge on any atom is 0.112 e. The second-order valence-corrected chi connectivity index (χ2v) is 8.13. The van der Waals surface area contributed by atoms with Crippen LogP contribution in [0.2, 0.25) is 0 Å². The average molecular weight is 414 g/mol. The van der Waals surface area contributed by atoms with E-state index in [4.69, 9.17) is 9.47 Å². The highest BCUT2D eigenvalue weighted by Gasteiger charge is 2.40. The van der Waals surface area contributed by atoms with E-state index >= 15 is 0 Å². The fourth-order valence-corrected chi connectivity index (χ4v) is 3.98. The highest BCUT2D eigenvalue weighted by molar-refractivity contribution is 5.14. The van der Waals surface area contributed by atoms with Crippen LogP contribution in [0.15, 0.2) is 60.7 Å². The van der Waals surface area contributed by atoms with Gasteiger partial charge in [-0.25, -0.2) is 0 Å². The molecular weight excluding hydrogens is 378 g/mol. The van der Waals surface area contributed by atoms with Gasteiger partial charge in [0.1, 0.15) is 12.2 Å². The molecule has 0 unspecified atom stereocenters. The topological polar surface area (TPSA) is 71.0 Å². The van der Waals surface area contributed by atoms with Crippen molar-refractivity contribution in [3.05, 3.63) is 71.8 Å². The maximum absolute atomic E-state index is 11.0. The Hall–Kier alpha value is -1.76. The minimum Gasteiger partial charge on any atom is -0.390 e. The zero-order valence-corrected chi connectivity index (χ0v) is 17.8. The average Bonchev–Trinajstić information content (AvgIpc) is 2.88. The summed E-state index contributed by atoms with van der Waals surface area (Å²) in [5.74, 6) is 0. The quantitative estimate of drug-likeness (QED) is 0.411. The van der Waals surface area contributed by atoms with E-state index in [2.05, 4.69) is 12.2 Å². The number of hydrogen-bond donors (Lipinski definition) is 3. The van der Waals surface area contributed by atoms with Gasteiger partial charge >= 0.3 is 0 Å². The molecule has 0 heterocycles. The van der Waals surface area contributed by atoms with Crippen molar-refractivity contribution >= 4 is 0 Å². The number of benzene rings is 2. The third kappa shape index (κ3) is 6.89. The van der Waals surface area contributed by atoms with Crippen LogP contribution in [0, 0.1) is 0 Å². The summed E-state index contributed by atoms with van der Waals surface area (Å²) < 4.78 is 12.3. The Kier molecular flexibility index (Phi) is 9.30. The molecule has 3 rings (SSSR count). The number of unbranched alkanes of at least 4 members (excludes halogenated alkanes) is 1. The molecule has 0 saturated heterocycles. The molecule has 0 aliphatic heterocycles. The first-order valence-corrected chi connectivity index (χ1v) is 11.1. The normalized spacial score (nSPS) is 27.0. The lowest BCUT2D eigenvalue weighted by Crippen LogP contribution is -2.45. The molecule has 0 aromatic heterocycles. The standard InChI is InChI=1S/C25H35NO4/c1-2-3-14-26-21-15-22(27)24(29-17-19-10-6-4-7-11-19)25(23(28)16-21)30-18-20-12-8-5-9-13-20/h4-13,21-28H,2-3,14-18H2,1H3/t22-,23-,24-,25-/m1/s1. The summed E-state index contributed by atoms with van der Waals surface area (Å²) in [5.41, 5.74) is 2.06. The molecule has 0 radical (unpaired) electrons. The zero-order chi connectivity index (χ0) is 21.2. The SMILES string of the molecule is CCCCNC1C[C@@H](O)[C@@H](OCc2ccccc2)[C@H](OCc2ccccc2)[C@H](O)C1. The molecule has 0 bridgehead atoms. The lowest BCUT2D eigenvalue weighted by atomic mass is 10.0. The highest BCUT2D eigenvalue weighted by Crippen LogP contribution is 2.26. The van der Waals surface area contributed by atoms with Crippen LogP contribution in [0.1, 0.15) is 43.7 Å². The minimum absolute atomic E-state index is 0.0368. The molecule has 0 spiro atoms. The molecule has 1 aliphatic rings. The third-order valence-electron chi connectivity index (χ3n) is 5.67. The van der Waals surface area contributed by atoms with Gasteiger partial charge in [-0.2, -0.15) is 0 Å². The number of ether oxygens (including phenoxy) is 2. The number of hydrogen-bond acceptors (Lipinski definition) is 5. The van der Waals surface area contributed by atoms with Crippen molar-refractivity contribution < 1.29 is 19.7 Å². The summed E-state index contributed by atoms with van der Waals surface area (Å²) in [5, 5.41) is 25.4. The van der Waals surface area contributed by atoms with Gasteiger partial charge in [0, 0.05) is 6.04 Å². The summed E-state index contributed by atoms with van der Waals surface area (Å²) in [4.78, 5) is 0. The molecule has 5 heteroatoms. The van der Waals surface area contributed by atoms with Gasteiger partial charge in [-0.1, -0.05) is 74.0 Å². The van der Waals surface area contributed by atoms with Gasteiger partial charge in [0.25, 0.3) is 0 Å². The largest absolute Gasteiger partial charge is 0.390 e. The Bertz CT molecular complexity index is 654. The van der Waals surface area contributed by atoms with Gasteiger partial charge in [-0.15, -0.1) is 0 Å². The van der Waals surface area contributed by atoms with Crippen molar-refractivity contribution in [3.8, 4) is 0 Å². The van der Waals surface area contributed by atoms with E-state index in [1.165, 1.54) is 0 Å². The van der Waals surface area contributed by atoms with Crippen LogP contribution in [0.5, 0.6) is 0 Å². The van der Waals surface area contributed by atoms with Crippen molar-refractivity contribution in [1.82, 2.24) is 5.32 Å². The van der Waals surface area contributed by atoms with Crippen LogP contribution in [-0.2, 0) is 22.7 Å². The lowest BCUT2D eigenvalue weighted by Gasteiger charge is -2.31. The first kappa shape index (κ1) is 22.9. The summed E-state index contributed by atoms with van der Waals surface area (Å²) >= 11 is 0. The summed E-state index contributed by atoms with van der Waals surface area (Å²) in [6.45, 7) is 3.77. The van der Waals surface area contributed by atoms with Crippen LogP contribution >= 0.6 is 0 Å². The van der Waals surface area contributed by atoms with E-state index in [0.29, 0.717) is 26.1 Å². The van der Waals surface area contributed by atoms with Crippen LogP contribution in [-0.4, -0.2) is 47.2 Å². The van der Waals surface area contributed by atoms with E-state index < -0.39 is 24.4 Å². The van der Waals surface area contributed by atoms with E-state index in [0.717, 1.165) is 30.5 Å². The Morgan fingerprint density at radius 3 is 1.70 bits per heavy atom. The molecule has 164 valence electrons. The molecule has 30 heavy (non-hydrogen) atoms. The van der Waals surface area contributed by atoms with E-state index in [-0.39, 0.29) is 6.04 Å². The van der Waals surface area contributed by atoms with E-state index in [1.54, 1.807) is 0 Å². The van der Waals surface area contributed by atoms with Crippen molar-refractivity contribution in [2.45, 2.75) is 76.3 Å². The van der Waals surface area contributed by atoms with Gasteiger partial charge in [0.15, 0.2) is 0 Å². The second kappa shape index (κ2) is 12.2. The zero-order valence-electron chi connectivity index (χ0n) is 17.8. The Labute approximate surface area is 180 Å². The van der Waals surface area contributed by atoms with E-state index in [9.17, 15) is 10.2 Å². The Morgan fingerprint density at radius 2 is 1.27 bits per heavy atom. The van der Waals surface area contributed by atoms with Crippen LogP contribution in [0.3, 0.4) is 0 Å². The predicted octanol–water partition coefficient (Wildman–Crippen LogP) is 3.43. The molecule has 1 fully saturated rings. The number of aliphatic hydroxyl groups is 2. The first-order chi connectivity index (χ1) is 14.7. The van der Waals surface area contributed by atoms with Gasteiger partial charge in [-0.05, 0) is 36.9 Å². The van der Waals surface area contributed by atoms with Gasteiger partial charge in [-0.3, -0.25) is 0 Å². The van der Waals surface area contributed by atoms with Crippen molar-refractivity contribution in [2.75, 3.05) is 6.54 Å². The lowest BCUT2D eigenvalue weighted by molar-refractivity contribution is -0.159. The molecule has 3 N–H and O–H groups in total. The number of aliphatic hydroxyl groups excluding tert-OH is 2. The van der Waals surface area contributed by atoms with Crippen LogP contribution < -0.4 is 5.32 Å². The monoisotopic (exact) mass is 413 g/mol. The fraction of sp³-hybridized carbons (Fsp3) is 0.520. The molecular formula is C25H35NO4. The summed E-state index contributed by atoms with van der Waals surface area (Å²) in [6, 6.07) is 19.8. The van der Waals surface area contributed by atoms with Crippen LogP contribution in [0.4, 0.5) is 0 Å². The second-order valence-electron chi connectivity index (χ2n) is 8.13. The molecule has 2 aromatic rings. The van der Waals surface area contributed by atoms with Crippen molar-refractivity contribution in [3.63, 3.8) is 0 Å². The molecule has 2 aromatic carbocycles. The molecule has 0 amide bonds. The summed E-state index contributed by atoms with van der Waals surface area (Å²) in [7, 11) is 0. The van der Waals surface area contributed by atoms with Gasteiger partial charge < -0.3 is 25.0 Å².